The lowest BCUT2D eigenvalue weighted by atomic mass is 10.0. The molecule has 0 aromatic rings. The molecule has 0 aliphatic heterocycles. The van der Waals surface area contributed by atoms with Gasteiger partial charge in [-0.25, -0.2) is 0 Å². The number of amides is 1. The Balaban J connectivity index is 3.27. The van der Waals surface area contributed by atoms with Crippen LogP contribution < -0.4 is 5.32 Å². The van der Waals surface area contributed by atoms with Crippen LogP contribution in [0.1, 0.15) is 412 Å². The van der Waals surface area contributed by atoms with Gasteiger partial charge in [0.1, 0.15) is 5.78 Å². The smallest absolute Gasteiger partial charge is 0.220 e. The number of hydrogen-bond donors (Lipinski definition) is 2. The second kappa shape index (κ2) is 66.1. The second-order valence-corrected chi connectivity index (χ2v) is 24.2. The third-order valence-electron chi connectivity index (χ3n) is 16.6. The number of aliphatic hydroxyl groups excluding tert-OH is 1. The zero-order chi connectivity index (χ0) is 53.4. The van der Waals surface area contributed by atoms with Crippen molar-refractivity contribution in [2.45, 2.75) is 418 Å². The summed E-state index contributed by atoms with van der Waals surface area (Å²) in [5, 5.41) is 12.9. The molecule has 0 saturated heterocycles. The number of carbonyl (C=O) groups excluding carboxylic acids is 2. The Morgan fingerprint density at radius 3 is 0.770 bits per heavy atom. The van der Waals surface area contributed by atoms with Crippen molar-refractivity contribution < 1.29 is 14.7 Å². The van der Waals surface area contributed by atoms with Crippen LogP contribution in [0.4, 0.5) is 0 Å². The van der Waals surface area contributed by atoms with Crippen molar-refractivity contribution in [1.29, 1.82) is 0 Å². The molecule has 0 heterocycles. The highest BCUT2D eigenvalue weighted by atomic mass is 16.3. The molecule has 440 valence electrons. The fraction of sp³-hybridized carbons (Fsp3) is 0.943. The Kier molecular flexibility index (Phi) is 65.1. The van der Waals surface area contributed by atoms with E-state index in [2.05, 4.69) is 31.3 Å². The highest BCUT2D eigenvalue weighted by Gasteiger charge is 2.11. The molecule has 0 fully saturated rings. The van der Waals surface area contributed by atoms with Crippen LogP contribution in [0.15, 0.2) is 12.2 Å². The zero-order valence-corrected chi connectivity index (χ0v) is 51.0. The molecule has 4 nitrogen and oxygen atoms in total. The molecule has 0 aromatic carbocycles. The van der Waals surface area contributed by atoms with E-state index in [1.165, 1.54) is 340 Å². The van der Waals surface area contributed by atoms with Crippen molar-refractivity contribution in [3.8, 4) is 0 Å². The molecule has 0 aliphatic rings. The van der Waals surface area contributed by atoms with Crippen LogP contribution in [0.3, 0.4) is 0 Å². The molecular weight excluding hydrogens is 903 g/mol. The minimum Gasteiger partial charge on any atom is -0.394 e. The molecular formula is C70H137NO3. The number of allylic oxidation sites excluding steroid dienone is 2. The fourth-order valence-electron chi connectivity index (χ4n) is 11.3. The Morgan fingerprint density at radius 1 is 0.297 bits per heavy atom. The number of unbranched alkanes of at least 4 members (excludes halogenated alkanes) is 54. The van der Waals surface area contributed by atoms with Crippen LogP contribution in [0.5, 0.6) is 0 Å². The van der Waals surface area contributed by atoms with Crippen LogP contribution in [-0.2, 0) is 9.59 Å². The van der Waals surface area contributed by atoms with Crippen molar-refractivity contribution in [3.05, 3.63) is 12.2 Å². The summed E-state index contributed by atoms with van der Waals surface area (Å²) >= 11 is 0. The van der Waals surface area contributed by atoms with E-state index in [0.29, 0.717) is 12.2 Å². The van der Waals surface area contributed by atoms with Gasteiger partial charge in [-0.15, -0.1) is 0 Å². The average Bonchev–Trinajstić information content (AvgIpc) is 3.40. The van der Waals surface area contributed by atoms with Gasteiger partial charge in [0.15, 0.2) is 0 Å². The predicted molar refractivity (Wildman–Crippen MR) is 331 cm³/mol. The van der Waals surface area contributed by atoms with Crippen molar-refractivity contribution in [2.75, 3.05) is 6.61 Å². The predicted octanol–water partition coefficient (Wildman–Crippen LogP) is 23.8. The first-order chi connectivity index (χ1) is 36.6. The van der Waals surface area contributed by atoms with Crippen molar-refractivity contribution in [1.82, 2.24) is 5.32 Å². The number of ketones is 1. The zero-order valence-electron chi connectivity index (χ0n) is 51.0. The minimum atomic E-state index is -0.0594. The van der Waals surface area contributed by atoms with E-state index in [4.69, 9.17) is 0 Å². The number of carbonyl (C=O) groups is 2. The minimum absolute atomic E-state index is 0.0594. The van der Waals surface area contributed by atoms with Crippen molar-refractivity contribution >= 4 is 11.7 Å². The van der Waals surface area contributed by atoms with Gasteiger partial charge < -0.3 is 10.4 Å². The van der Waals surface area contributed by atoms with E-state index in [0.717, 1.165) is 51.4 Å². The summed E-state index contributed by atoms with van der Waals surface area (Å²) in [6.45, 7) is 4.65. The lowest BCUT2D eigenvalue weighted by Crippen LogP contribution is -2.37. The summed E-state index contributed by atoms with van der Waals surface area (Å²) in [6.07, 6.45) is 86.7. The molecule has 0 radical (unpaired) electrons. The highest BCUT2D eigenvalue weighted by molar-refractivity contribution is 5.78. The molecule has 0 unspecified atom stereocenters. The van der Waals surface area contributed by atoms with Gasteiger partial charge in [0.25, 0.3) is 0 Å². The Hall–Kier alpha value is -1.16. The average molecular weight is 1040 g/mol. The maximum atomic E-state index is 12.5. The molecule has 74 heavy (non-hydrogen) atoms. The number of nitrogens with one attached hydrogen (secondary N) is 1. The van der Waals surface area contributed by atoms with E-state index in [9.17, 15) is 14.7 Å². The van der Waals surface area contributed by atoms with E-state index in [1.807, 2.05) is 0 Å². The van der Waals surface area contributed by atoms with Gasteiger partial charge >= 0.3 is 0 Å². The molecule has 0 spiro atoms. The van der Waals surface area contributed by atoms with Crippen molar-refractivity contribution in [2.24, 2.45) is 0 Å². The van der Waals surface area contributed by atoms with Crippen LogP contribution in [-0.4, -0.2) is 29.4 Å². The highest BCUT2D eigenvalue weighted by Crippen LogP contribution is 2.19. The Bertz CT molecular complexity index is 1090. The first kappa shape index (κ1) is 72.8. The molecule has 0 aliphatic carbocycles. The first-order valence-corrected chi connectivity index (χ1v) is 34.7. The third-order valence-corrected chi connectivity index (χ3v) is 16.6. The summed E-state index contributed by atoms with van der Waals surface area (Å²) in [7, 11) is 0. The second-order valence-electron chi connectivity index (χ2n) is 24.2. The topological polar surface area (TPSA) is 66.4 Å². The molecule has 0 saturated carbocycles. The fourth-order valence-corrected chi connectivity index (χ4v) is 11.3. The van der Waals surface area contributed by atoms with Crippen LogP contribution in [0, 0.1) is 0 Å². The molecule has 0 rings (SSSR count). The van der Waals surface area contributed by atoms with Crippen molar-refractivity contribution in [3.63, 3.8) is 0 Å². The summed E-state index contributed by atoms with van der Waals surface area (Å²) in [5.74, 6) is 0.656. The number of aliphatic hydroxyl groups is 1. The maximum Gasteiger partial charge on any atom is 0.220 e. The lowest BCUT2D eigenvalue weighted by molar-refractivity contribution is -0.122. The molecule has 0 bridgehead atoms. The van der Waals surface area contributed by atoms with E-state index < -0.39 is 0 Å². The summed E-state index contributed by atoms with van der Waals surface area (Å²) in [4.78, 5) is 24.8. The number of hydrogen-bond acceptors (Lipinski definition) is 3. The SMILES string of the molecule is CCCCCCCC/C=C\CCCCCCCCCCCC(=O)CCCCCCCCCCCCCCCCCCCCCCCCCCCCCC(=O)N[C@@H](CO)CCCCCCCCCCCCCCCC. The van der Waals surface area contributed by atoms with Gasteiger partial charge in [0, 0.05) is 19.3 Å². The Morgan fingerprint density at radius 2 is 0.514 bits per heavy atom. The molecule has 4 heteroatoms. The maximum absolute atomic E-state index is 12.5. The lowest BCUT2D eigenvalue weighted by Gasteiger charge is -2.16. The largest absolute Gasteiger partial charge is 0.394 e. The van der Waals surface area contributed by atoms with E-state index >= 15 is 0 Å². The summed E-state index contributed by atoms with van der Waals surface area (Å²) in [6, 6.07) is -0.0594. The Labute approximate surface area is 466 Å². The van der Waals surface area contributed by atoms with Gasteiger partial charge in [0.2, 0.25) is 5.91 Å². The van der Waals surface area contributed by atoms with Gasteiger partial charge in [-0.1, -0.05) is 353 Å². The third kappa shape index (κ3) is 63.4. The van der Waals surface area contributed by atoms with Gasteiger partial charge in [-0.05, 0) is 51.4 Å². The van der Waals surface area contributed by atoms with Crippen LogP contribution in [0.2, 0.25) is 0 Å². The molecule has 2 N–H and O–H groups in total. The molecule has 0 aromatic heterocycles. The van der Waals surface area contributed by atoms with E-state index in [1.54, 1.807) is 0 Å². The number of rotatable bonds is 66. The van der Waals surface area contributed by atoms with Gasteiger partial charge in [-0.2, -0.15) is 0 Å². The van der Waals surface area contributed by atoms with Crippen LogP contribution in [0.25, 0.3) is 0 Å². The van der Waals surface area contributed by atoms with Gasteiger partial charge in [0.05, 0.1) is 12.6 Å². The van der Waals surface area contributed by atoms with E-state index in [-0.39, 0.29) is 18.6 Å². The van der Waals surface area contributed by atoms with Gasteiger partial charge in [-0.3, -0.25) is 9.59 Å². The first-order valence-electron chi connectivity index (χ1n) is 34.7. The normalized spacial score (nSPS) is 12.1. The molecule has 1 atom stereocenters. The quantitative estimate of drug-likeness (QED) is 0.0471. The van der Waals surface area contributed by atoms with Crippen LogP contribution >= 0.6 is 0 Å². The summed E-state index contributed by atoms with van der Waals surface area (Å²) in [5.41, 5.74) is 0. The summed E-state index contributed by atoms with van der Waals surface area (Å²) < 4.78 is 0. The molecule has 1 amide bonds. The monoisotopic (exact) mass is 1040 g/mol. The standard InChI is InChI=1S/C70H137NO3/c1-3-5-7-9-11-13-15-17-19-20-30-33-36-40-44-48-52-56-60-64-69(73)65-61-57-53-49-45-41-37-34-31-28-26-24-22-21-23-25-27-29-32-35-38-42-46-50-54-58-62-66-70(74)71-68(67-72)63-59-55-51-47-43-39-18-16-14-12-10-8-6-4-2/h17,19,68,72H,3-16,18,20-67H2,1-2H3,(H,71,74)/b19-17-/t68-/m1/s1. The number of Topliss-reactive ketones (excluding diaryl/α,β-unsaturated/α-hetero) is 1.